The molecule has 7 nitrogen and oxygen atoms in total. The Balaban J connectivity index is 0.00000261. The number of urea groups is 1. The summed E-state index contributed by atoms with van der Waals surface area (Å²) in [5, 5.41) is 5.51. The van der Waals surface area contributed by atoms with Crippen molar-refractivity contribution in [2.75, 3.05) is 10.0 Å². The smallest absolute Gasteiger partial charge is 0.319 e. The number of hydrogen-bond acceptors (Lipinski definition) is 3. The number of pyridine rings is 1. The van der Waals surface area contributed by atoms with Crippen LogP contribution in [0.3, 0.4) is 0 Å². The summed E-state index contributed by atoms with van der Waals surface area (Å²) in [4.78, 5) is 16.6. The van der Waals surface area contributed by atoms with Crippen LogP contribution in [0.25, 0.3) is 0 Å². The molecule has 1 atom stereocenters. The number of benzene rings is 2. The molecule has 140 valence electrons. The number of amides is 2. The Morgan fingerprint density at radius 1 is 0.926 bits per heavy atom. The van der Waals surface area contributed by atoms with E-state index in [1.165, 1.54) is 0 Å². The lowest BCUT2D eigenvalue weighted by Crippen LogP contribution is -2.28. The number of anilines is 2. The number of rotatable bonds is 6. The summed E-state index contributed by atoms with van der Waals surface area (Å²) in [5.74, 6) is 0. The molecule has 0 aliphatic rings. The molecule has 1 unspecified atom stereocenters. The summed E-state index contributed by atoms with van der Waals surface area (Å²) >= 11 is 0. The third-order valence-electron chi connectivity index (χ3n) is 3.49. The minimum atomic E-state index is -1.33. The summed E-state index contributed by atoms with van der Waals surface area (Å²) in [6, 6.07) is 19.6. The van der Waals surface area contributed by atoms with E-state index in [0.29, 0.717) is 22.8 Å². The molecule has 3 aromatic rings. The van der Waals surface area contributed by atoms with E-state index in [2.05, 4.69) is 20.3 Å². The van der Waals surface area contributed by atoms with Gasteiger partial charge in [0.05, 0.1) is 4.90 Å². The van der Waals surface area contributed by atoms with Crippen molar-refractivity contribution in [2.45, 2.75) is 11.4 Å². The van der Waals surface area contributed by atoms with Gasteiger partial charge in [-0.1, -0.05) is 24.3 Å². The van der Waals surface area contributed by atoms with Crippen LogP contribution in [0.15, 0.2) is 84.0 Å². The molecule has 8 heteroatoms. The van der Waals surface area contributed by atoms with Crippen LogP contribution in [-0.2, 0) is 17.5 Å². The van der Waals surface area contributed by atoms with Gasteiger partial charge in [-0.2, -0.15) is 0 Å². The number of hydrogen-bond donors (Lipinski definition) is 3. The average Bonchev–Trinajstić information content (AvgIpc) is 2.69. The summed E-state index contributed by atoms with van der Waals surface area (Å²) in [6.07, 6.45) is 3.39. The number of aromatic nitrogens is 1. The van der Waals surface area contributed by atoms with Crippen LogP contribution < -0.4 is 15.4 Å². The Labute approximate surface area is 159 Å². The maximum Gasteiger partial charge on any atom is 0.319 e. The van der Waals surface area contributed by atoms with Crippen LogP contribution in [0, 0.1) is 0 Å². The van der Waals surface area contributed by atoms with Gasteiger partial charge in [0.2, 0.25) is 0 Å². The van der Waals surface area contributed by atoms with Crippen LogP contribution in [0.1, 0.15) is 5.56 Å². The second kappa shape index (κ2) is 10.0. The number of carbonyl (C=O) groups is 1. The normalized spacial score (nSPS) is 11.0. The van der Waals surface area contributed by atoms with Crippen molar-refractivity contribution in [2.24, 2.45) is 0 Å². The zero-order valence-electron chi connectivity index (χ0n) is 14.4. The third kappa shape index (κ3) is 6.21. The lowest BCUT2D eigenvalue weighted by Gasteiger charge is -2.09. The highest BCUT2D eigenvalue weighted by atomic mass is 32.2. The topological polar surface area (TPSA) is 115 Å². The second-order valence-corrected chi connectivity index (χ2v) is 6.64. The maximum absolute atomic E-state index is 12.2. The molecule has 0 radical (unpaired) electrons. The van der Waals surface area contributed by atoms with Crippen molar-refractivity contribution in [3.8, 4) is 0 Å². The molecule has 0 bridgehead atoms. The van der Waals surface area contributed by atoms with E-state index in [1.807, 2.05) is 30.3 Å². The lowest BCUT2D eigenvalue weighted by atomic mass is 10.3. The monoisotopic (exact) mass is 384 g/mol. The van der Waals surface area contributed by atoms with Crippen molar-refractivity contribution >= 4 is 28.4 Å². The molecule has 27 heavy (non-hydrogen) atoms. The van der Waals surface area contributed by atoms with E-state index >= 15 is 0 Å². The highest BCUT2D eigenvalue weighted by molar-refractivity contribution is 7.86. The molecule has 1 aromatic heterocycles. The van der Waals surface area contributed by atoms with Crippen LogP contribution in [0.5, 0.6) is 0 Å². The van der Waals surface area contributed by atoms with Gasteiger partial charge in [0, 0.05) is 30.3 Å². The molecule has 1 heterocycles. The number of nitrogens with zero attached hydrogens (tertiary/aromatic N) is 1. The summed E-state index contributed by atoms with van der Waals surface area (Å²) in [5.41, 5.74) is 2.27. The Hall–Kier alpha value is -3.23. The van der Waals surface area contributed by atoms with Crippen molar-refractivity contribution in [3.05, 3.63) is 84.7 Å². The number of nitrogens with one attached hydrogen (secondary N) is 3. The van der Waals surface area contributed by atoms with Gasteiger partial charge in [-0.05, 0) is 48.0 Å². The quantitative estimate of drug-likeness (QED) is 0.607. The Bertz CT molecular complexity index is 874. The molecular weight excluding hydrogens is 364 g/mol. The van der Waals surface area contributed by atoms with E-state index in [9.17, 15) is 9.00 Å². The lowest BCUT2D eigenvalue weighted by molar-refractivity contribution is 0.251. The molecule has 3 rings (SSSR count). The first kappa shape index (κ1) is 20.1. The molecule has 5 N–H and O–H groups in total. The van der Waals surface area contributed by atoms with Gasteiger partial charge in [0.15, 0.2) is 0 Å². The van der Waals surface area contributed by atoms with Crippen molar-refractivity contribution < 1.29 is 14.5 Å². The van der Waals surface area contributed by atoms with Crippen LogP contribution >= 0.6 is 0 Å². The molecule has 2 amide bonds. The minimum absolute atomic E-state index is 0. The van der Waals surface area contributed by atoms with E-state index in [4.69, 9.17) is 0 Å². The maximum atomic E-state index is 12.2. The van der Waals surface area contributed by atoms with Gasteiger partial charge >= 0.3 is 6.03 Å². The predicted molar refractivity (Wildman–Crippen MR) is 107 cm³/mol. The summed E-state index contributed by atoms with van der Waals surface area (Å²) in [7, 11) is -1.33. The summed E-state index contributed by atoms with van der Waals surface area (Å²) in [6.45, 7) is 0.398. The molecular formula is C19H20N4O3S. The summed E-state index contributed by atoms with van der Waals surface area (Å²) < 4.78 is 15.1. The van der Waals surface area contributed by atoms with Crippen LogP contribution in [0.4, 0.5) is 16.2 Å². The van der Waals surface area contributed by atoms with E-state index < -0.39 is 11.0 Å². The first-order valence-electron chi connectivity index (χ1n) is 7.98. The predicted octanol–water partition coefficient (Wildman–Crippen LogP) is 2.71. The first-order valence-corrected chi connectivity index (χ1v) is 9.13. The fourth-order valence-electron chi connectivity index (χ4n) is 2.19. The van der Waals surface area contributed by atoms with Gasteiger partial charge in [-0.15, -0.1) is 0 Å². The zero-order chi connectivity index (χ0) is 18.2. The van der Waals surface area contributed by atoms with Gasteiger partial charge < -0.3 is 20.8 Å². The SMILES string of the molecule is O.O=C(NCc1cccnc1)Nc1ccc(NS(=O)c2ccccc2)cc1. The van der Waals surface area contributed by atoms with Gasteiger partial charge in [0.1, 0.15) is 11.0 Å². The van der Waals surface area contributed by atoms with Gasteiger partial charge in [-0.3, -0.25) is 4.98 Å². The third-order valence-corrected chi connectivity index (χ3v) is 4.61. The van der Waals surface area contributed by atoms with Crippen molar-refractivity contribution in [3.63, 3.8) is 0 Å². The molecule has 0 aliphatic heterocycles. The highest BCUT2D eigenvalue weighted by Crippen LogP contribution is 2.16. The molecule has 0 saturated carbocycles. The standard InChI is InChI=1S/C19H18N4O2S.H2O/c24-19(21-14-15-5-4-12-20-13-15)22-16-8-10-17(11-9-16)23-26(25)18-6-2-1-3-7-18;/h1-13,23H,14H2,(H2,21,22,24);1H2. The van der Waals surface area contributed by atoms with E-state index in [0.717, 1.165) is 5.56 Å². The largest absolute Gasteiger partial charge is 0.412 e. The Morgan fingerprint density at radius 3 is 2.30 bits per heavy atom. The van der Waals surface area contributed by atoms with E-state index in [-0.39, 0.29) is 11.5 Å². The van der Waals surface area contributed by atoms with E-state index in [1.54, 1.807) is 48.8 Å². The second-order valence-electron chi connectivity index (χ2n) is 5.43. The fourth-order valence-corrected chi connectivity index (χ4v) is 3.06. The van der Waals surface area contributed by atoms with Gasteiger partial charge in [-0.25, -0.2) is 9.00 Å². The average molecular weight is 384 g/mol. The zero-order valence-corrected chi connectivity index (χ0v) is 15.2. The molecule has 0 spiro atoms. The molecule has 0 saturated heterocycles. The Kier molecular flexibility index (Phi) is 7.48. The first-order chi connectivity index (χ1) is 12.7. The molecule has 0 fully saturated rings. The highest BCUT2D eigenvalue weighted by Gasteiger charge is 2.05. The minimum Gasteiger partial charge on any atom is -0.412 e. The molecule has 2 aromatic carbocycles. The van der Waals surface area contributed by atoms with Crippen molar-refractivity contribution in [1.29, 1.82) is 0 Å². The van der Waals surface area contributed by atoms with Gasteiger partial charge in [0.25, 0.3) is 0 Å². The van der Waals surface area contributed by atoms with Crippen LogP contribution in [-0.4, -0.2) is 20.7 Å². The molecule has 0 aliphatic carbocycles. The van der Waals surface area contributed by atoms with Crippen molar-refractivity contribution in [1.82, 2.24) is 10.3 Å². The fraction of sp³-hybridized carbons (Fsp3) is 0.0526. The van der Waals surface area contributed by atoms with Crippen LogP contribution in [0.2, 0.25) is 0 Å². The Morgan fingerprint density at radius 2 is 1.63 bits per heavy atom. The number of carbonyl (C=O) groups excluding carboxylic acids is 1.